The van der Waals surface area contributed by atoms with E-state index in [0.29, 0.717) is 6.17 Å². The van der Waals surface area contributed by atoms with Gasteiger partial charge in [-0.2, -0.15) is 0 Å². The molecule has 0 saturated heterocycles. The fraction of sp³-hybridized carbons (Fsp3) is 0.333. The van der Waals surface area contributed by atoms with Gasteiger partial charge in [0.15, 0.2) is 0 Å². The van der Waals surface area contributed by atoms with Crippen molar-refractivity contribution < 1.29 is 0 Å². The van der Waals surface area contributed by atoms with Gasteiger partial charge >= 0.3 is 0 Å². The first-order valence-corrected chi connectivity index (χ1v) is 6.36. The summed E-state index contributed by atoms with van der Waals surface area (Å²) in [6, 6.07) is 8.73. The highest BCUT2D eigenvalue weighted by atomic mass is 15.4. The lowest BCUT2D eigenvalue weighted by Crippen LogP contribution is -2.36. The van der Waals surface area contributed by atoms with E-state index in [1.54, 1.807) is 5.57 Å². The van der Waals surface area contributed by atoms with E-state index >= 15 is 0 Å². The molecule has 4 rings (SSSR count). The maximum absolute atomic E-state index is 2.51. The molecule has 1 aromatic rings. The first-order chi connectivity index (χ1) is 8.36. The normalized spacial score (nSPS) is 25.1. The summed E-state index contributed by atoms with van der Waals surface area (Å²) in [4.78, 5) is 4.93. The van der Waals surface area contributed by atoms with Gasteiger partial charge in [-0.15, -0.1) is 0 Å². The Morgan fingerprint density at radius 3 is 2.88 bits per heavy atom. The van der Waals surface area contributed by atoms with Crippen LogP contribution in [0.15, 0.2) is 47.7 Å². The maximum atomic E-state index is 2.51. The standard InChI is InChI=1S/C15H16N2/c1-16-13-8-4-5-9-14(13)17-12-7-3-2-6-11(12)10-15(16)17/h3-5,7-9,15H,2,6,10H2,1H3. The number of para-hydroxylation sites is 2. The molecular weight excluding hydrogens is 208 g/mol. The van der Waals surface area contributed by atoms with E-state index in [1.807, 2.05) is 0 Å². The smallest absolute Gasteiger partial charge is 0.110 e. The van der Waals surface area contributed by atoms with E-state index < -0.39 is 0 Å². The Kier molecular flexibility index (Phi) is 1.74. The highest BCUT2D eigenvalue weighted by Crippen LogP contribution is 2.48. The van der Waals surface area contributed by atoms with Crippen LogP contribution in [0.2, 0.25) is 0 Å². The number of hydrogen-bond donors (Lipinski definition) is 0. The number of hydrogen-bond acceptors (Lipinski definition) is 2. The molecule has 17 heavy (non-hydrogen) atoms. The molecule has 1 aliphatic carbocycles. The molecule has 1 aromatic carbocycles. The van der Waals surface area contributed by atoms with E-state index in [-0.39, 0.29) is 0 Å². The minimum atomic E-state index is 0.514. The minimum Gasteiger partial charge on any atom is -0.352 e. The lowest BCUT2D eigenvalue weighted by Gasteiger charge is -2.25. The van der Waals surface area contributed by atoms with Crippen LogP contribution in [0.4, 0.5) is 11.4 Å². The van der Waals surface area contributed by atoms with Gasteiger partial charge in [-0.25, -0.2) is 0 Å². The third-order valence-electron chi connectivity index (χ3n) is 4.21. The van der Waals surface area contributed by atoms with Crippen LogP contribution in [0.1, 0.15) is 19.3 Å². The highest BCUT2D eigenvalue weighted by Gasteiger charge is 2.41. The molecular formula is C15H16N2. The summed E-state index contributed by atoms with van der Waals surface area (Å²) in [7, 11) is 2.21. The monoisotopic (exact) mass is 224 g/mol. The van der Waals surface area contributed by atoms with Gasteiger partial charge in [0, 0.05) is 19.2 Å². The fourth-order valence-electron chi connectivity index (χ4n) is 3.36. The second-order valence-corrected chi connectivity index (χ2v) is 5.08. The molecule has 0 N–H and O–H groups in total. The molecule has 2 nitrogen and oxygen atoms in total. The summed E-state index contributed by atoms with van der Waals surface area (Å²) in [5.74, 6) is 0. The van der Waals surface area contributed by atoms with Crippen LogP contribution in [0.3, 0.4) is 0 Å². The fourth-order valence-corrected chi connectivity index (χ4v) is 3.36. The van der Waals surface area contributed by atoms with Crippen LogP contribution in [-0.2, 0) is 0 Å². The van der Waals surface area contributed by atoms with Gasteiger partial charge in [-0.05, 0) is 36.6 Å². The van der Waals surface area contributed by atoms with Crippen molar-refractivity contribution in [3.05, 3.63) is 47.7 Å². The topological polar surface area (TPSA) is 6.48 Å². The molecule has 1 atom stereocenters. The predicted molar refractivity (Wildman–Crippen MR) is 71.1 cm³/mol. The Morgan fingerprint density at radius 1 is 1.18 bits per heavy atom. The second kappa shape index (κ2) is 3.16. The van der Waals surface area contributed by atoms with Crippen LogP contribution in [0, 0.1) is 0 Å². The summed E-state index contributed by atoms with van der Waals surface area (Å²) in [6.07, 6.45) is 8.79. The van der Waals surface area contributed by atoms with E-state index in [9.17, 15) is 0 Å². The Morgan fingerprint density at radius 2 is 2.00 bits per heavy atom. The molecule has 0 fully saturated rings. The highest BCUT2D eigenvalue weighted by molar-refractivity contribution is 5.82. The van der Waals surface area contributed by atoms with Crippen LogP contribution in [0.25, 0.3) is 0 Å². The summed E-state index contributed by atoms with van der Waals surface area (Å²) in [5.41, 5.74) is 5.83. The Hall–Kier alpha value is -1.70. The largest absolute Gasteiger partial charge is 0.352 e. The summed E-state index contributed by atoms with van der Waals surface area (Å²) < 4.78 is 0. The summed E-state index contributed by atoms with van der Waals surface area (Å²) >= 11 is 0. The predicted octanol–water partition coefficient (Wildman–Crippen LogP) is 3.28. The molecule has 0 spiro atoms. The van der Waals surface area contributed by atoms with Crippen LogP contribution in [-0.4, -0.2) is 13.2 Å². The van der Waals surface area contributed by atoms with Crippen LogP contribution < -0.4 is 9.80 Å². The first kappa shape index (κ1) is 9.34. The van der Waals surface area contributed by atoms with Crippen molar-refractivity contribution in [2.24, 2.45) is 0 Å². The first-order valence-electron chi connectivity index (χ1n) is 6.36. The number of benzene rings is 1. The zero-order valence-corrected chi connectivity index (χ0v) is 10.1. The zero-order valence-electron chi connectivity index (χ0n) is 10.1. The van der Waals surface area contributed by atoms with Crippen molar-refractivity contribution in [1.29, 1.82) is 0 Å². The molecule has 0 bridgehead atoms. The van der Waals surface area contributed by atoms with Gasteiger partial charge in [0.2, 0.25) is 0 Å². The van der Waals surface area contributed by atoms with Crippen molar-refractivity contribution in [1.82, 2.24) is 0 Å². The molecule has 3 aliphatic rings. The number of nitrogens with zero attached hydrogens (tertiary/aromatic N) is 2. The van der Waals surface area contributed by atoms with Gasteiger partial charge in [-0.3, -0.25) is 0 Å². The van der Waals surface area contributed by atoms with Gasteiger partial charge in [-0.1, -0.05) is 18.2 Å². The minimum absolute atomic E-state index is 0.514. The van der Waals surface area contributed by atoms with Gasteiger partial charge in [0.25, 0.3) is 0 Å². The van der Waals surface area contributed by atoms with Gasteiger partial charge in [0.1, 0.15) is 6.17 Å². The average Bonchev–Trinajstić information content (AvgIpc) is 2.88. The number of anilines is 2. The van der Waals surface area contributed by atoms with Crippen LogP contribution in [0.5, 0.6) is 0 Å². The Labute approximate surface area is 102 Å². The molecule has 0 aromatic heterocycles. The molecule has 2 aliphatic heterocycles. The summed E-state index contributed by atoms with van der Waals surface area (Å²) in [6.45, 7) is 0. The SMILES string of the molecule is CN1c2ccccc2N2C3=C(CCC=C3)CC12. The molecule has 2 heterocycles. The lowest BCUT2D eigenvalue weighted by molar-refractivity contribution is 0.684. The number of rotatable bonds is 0. The third-order valence-corrected chi connectivity index (χ3v) is 4.21. The second-order valence-electron chi connectivity index (χ2n) is 5.08. The quantitative estimate of drug-likeness (QED) is 0.667. The van der Waals surface area contributed by atoms with E-state index in [0.717, 1.165) is 0 Å². The van der Waals surface area contributed by atoms with Gasteiger partial charge < -0.3 is 9.80 Å². The van der Waals surface area contributed by atoms with Crippen LogP contribution >= 0.6 is 0 Å². The molecule has 0 amide bonds. The molecule has 86 valence electrons. The maximum Gasteiger partial charge on any atom is 0.110 e. The van der Waals surface area contributed by atoms with E-state index in [1.165, 1.54) is 36.3 Å². The summed E-state index contributed by atoms with van der Waals surface area (Å²) in [5, 5.41) is 0. The average molecular weight is 224 g/mol. The molecule has 2 heteroatoms. The zero-order chi connectivity index (χ0) is 11.4. The van der Waals surface area contributed by atoms with Crippen molar-refractivity contribution in [3.8, 4) is 0 Å². The van der Waals surface area contributed by atoms with Crippen molar-refractivity contribution >= 4 is 11.4 Å². The van der Waals surface area contributed by atoms with E-state index in [2.05, 4.69) is 53.3 Å². The van der Waals surface area contributed by atoms with Gasteiger partial charge in [0.05, 0.1) is 11.4 Å². The molecule has 1 unspecified atom stereocenters. The van der Waals surface area contributed by atoms with Crippen molar-refractivity contribution in [2.75, 3.05) is 16.8 Å². The lowest BCUT2D eigenvalue weighted by atomic mass is 10.0. The molecule has 0 radical (unpaired) electrons. The number of allylic oxidation sites excluding steroid dienone is 2. The van der Waals surface area contributed by atoms with Crippen molar-refractivity contribution in [2.45, 2.75) is 25.4 Å². The third kappa shape index (κ3) is 1.10. The van der Waals surface area contributed by atoms with Crippen molar-refractivity contribution in [3.63, 3.8) is 0 Å². The number of fused-ring (bicyclic) bond motifs is 4. The molecule has 0 saturated carbocycles. The Balaban J connectivity index is 1.88. The Bertz CT molecular complexity index is 542. The van der Waals surface area contributed by atoms with E-state index in [4.69, 9.17) is 0 Å².